The molecule has 1 saturated carbocycles. The van der Waals surface area contributed by atoms with E-state index in [1.165, 1.54) is 71.0 Å². The van der Waals surface area contributed by atoms with Gasteiger partial charge in [-0.2, -0.15) is 0 Å². The lowest BCUT2D eigenvalue weighted by Crippen LogP contribution is -2.46. The average Bonchev–Trinajstić information content (AvgIpc) is 2.43. The summed E-state index contributed by atoms with van der Waals surface area (Å²) in [5, 5.41) is 3.60. The lowest BCUT2D eigenvalue weighted by molar-refractivity contribution is 0.0485. The van der Waals surface area contributed by atoms with Crippen molar-refractivity contribution in [3.05, 3.63) is 0 Å². The summed E-state index contributed by atoms with van der Waals surface area (Å²) in [6.45, 7) is 13.3. The van der Waals surface area contributed by atoms with E-state index in [1.807, 2.05) is 0 Å². The Bertz CT molecular complexity index is 269. The molecule has 0 atom stereocenters. The Morgan fingerprint density at radius 2 is 1.65 bits per heavy atom. The van der Waals surface area contributed by atoms with Gasteiger partial charge in [0.2, 0.25) is 0 Å². The fourth-order valence-corrected chi connectivity index (χ4v) is 4.25. The molecule has 20 heavy (non-hydrogen) atoms. The van der Waals surface area contributed by atoms with Gasteiger partial charge in [0.05, 0.1) is 0 Å². The molecule has 0 aromatic carbocycles. The number of nitrogens with one attached hydrogen (secondary N) is 1. The maximum atomic E-state index is 3.60. The Morgan fingerprint density at radius 3 is 2.25 bits per heavy atom. The lowest BCUT2D eigenvalue weighted by atomic mass is 9.68. The molecule has 1 N–H and O–H groups in total. The Kier molecular flexibility index (Phi) is 5.92. The zero-order valence-corrected chi connectivity index (χ0v) is 14.1. The summed E-state index contributed by atoms with van der Waals surface area (Å²) in [4.78, 5) is 2.73. The molecule has 0 unspecified atom stereocenters. The lowest BCUT2D eigenvalue weighted by Gasteiger charge is -2.46. The third-order valence-electron chi connectivity index (χ3n) is 5.51. The van der Waals surface area contributed by atoms with Crippen molar-refractivity contribution < 1.29 is 0 Å². The van der Waals surface area contributed by atoms with Crippen molar-refractivity contribution in [1.29, 1.82) is 0 Å². The highest BCUT2D eigenvalue weighted by atomic mass is 15.1. The van der Waals surface area contributed by atoms with E-state index >= 15 is 0 Å². The fourth-order valence-electron chi connectivity index (χ4n) is 4.25. The predicted octanol–water partition coefficient (Wildman–Crippen LogP) is 4.06. The maximum absolute atomic E-state index is 3.60. The predicted molar refractivity (Wildman–Crippen MR) is 88.1 cm³/mol. The SMILES string of the molecule is CCCNCC(C)(C)CN1CCC2(CCCCC2)CC1. The summed E-state index contributed by atoms with van der Waals surface area (Å²) in [6, 6.07) is 0. The van der Waals surface area contributed by atoms with E-state index < -0.39 is 0 Å². The zero-order valence-electron chi connectivity index (χ0n) is 14.1. The second kappa shape index (κ2) is 7.26. The van der Waals surface area contributed by atoms with Crippen LogP contribution >= 0.6 is 0 Å². The van der Waals surface area contributed by atoms with E-state index in [2.05, 4.69) is 31.0 Å². The Labute approximate surface area is 126 Å². The Hall–Kier alpha value is -0.0800. The molecule has 2 rings (SSSR count). The van der Waals surface area contributed by atoms with Crippen molar-refractivity contribution in [3.63, 3.8) is 0 Å². The van der Waals surface area contributed by atoms with E-state index in [0.717, 1.165) is 18.5 Å². The molecule has 118 valence electrons. The minimum absolute atomic E-state index is 0.409. The third-order valence-corrected chi connectivity index (χ3v) is 5.51. The standard InChI is InChI=1S/C18H36N2/c1-4-12-19-15-17(2,3)16-20-13-10-18(11-14-20)8-6-5-7-9-18/h19H,4-16H2,1-3H3. The van der Waals surface area contributed by atoms with E-state index in [4.69, 9.17) is 0 Å². The maximum Gasteiger partial charge on any atom is 0.00448 e. The quantitative estimate of drug-likeness (QED) is 0.738. The first-order valence-electron chi connectivity index (χ1n) is 8.98. The number of piperidine rings is 1. The first kappa shape index (κ1) is 16.3. The second-order valence-corrected chi connectivity index (χ2v) is 8.18. The molecule has 0 bridgehead atoms. The molecule has 1 spiro atoms. The summed E-state index contributed by atoms with van der Waals surface area (Å²) < 4.78 is 0. The number of nitrogens with zero attached hydrogens (tertiary/aromatic N) is 1. The van der Waals surface area contributed by atoms with E-state index in [-0.39, 0.29) is 0 Å². The third kappa shape index (κ3) is 4.73. The highest BCUT2D eigenvalue weighted by molar-refractivity contribution is 4.89. The topological polar surface area (TPSA) is 15.3 Å². The molecular weight excluding hydrogens is 244 g/mol. The first-order chi connectivity index (χ1) is 9.55. The van der Waals surface area contributed by atoms with Gasteiger partial charge >= 0.3 is 0 Å². The average molecular weight is 280 g/mol. The molecule has 0 aromatic heterocycles. The van der Waals surface area contributed by atoms with Crippen LogP contribution in [0, 0.1) is 10.8 Å². The Balaban J connectivity index is 1.73. The fraction of sp³-hybridized carbons (Fsp3) is 1.00. The number of hydrogen-bond donors (Lipinski definition) is 1. The summed E-state index contributed by atoms with van der Waals surface area (Å²) in [5.74, 6) is 0. The normalized spacial score (nSPS) is 24.1. The summed E-state index contributed by atoms with van der Waals surface area (Å²) in [6.07, 6.45) is 11.7. The highest BCUT2D eigenvalue weighted by Gasteiger charge is 2.36. The van der Waals surface area contributed by atoms with Crippen molar-refractivity contribution in [1.82, 2.24) is 10.2 Å². The van der Waals surface area contributed by atoms with Gasteiger partial charge in [-0.15, -0.1) is 0 Å². The van der Waals surface area contributed by atoms with Gasteiger partial charge in [0, 0.05) is 13.1 Å². The van der Waals surface area contributed by atoms with Crippen molar-refractivity contribution in [2.24, 2.45) is 10.8 Å². The van der Waals surface area contributed by atoms with Gasteiger partial charge in [-0.25, -0.2) is 0 Å². The van der Waals surface area contributed by atoms with Crippen LogP contribution in [-0.4, -0.2) is 37.6 Å². The van der Waals surface area contributed by atoms with Crippen LogP contribution in [0.25, 0.3) is 0 Å². The van der Waals surface area contributed by atoms with Gasteiger partial charge in [-0.3, -0.25) is 0 Å². The van der Waals surface area contributed by atoms with Crippen LogP contribution in [0.15, 0.2) is 0 Å². The second-order valence-electron chi connectivity index (χ2n) is 8.18. The van der Waals surface area contributed by atoms with Crippen molar-refractivity contribution in [2.45, 2.75) is 72.1 Å². The van der Waals surface area contributed by atoms with Crippen LogP contribution in [0.4, 0.5) is 0 Å². The largest absolute Gasteiger partial charge is 0.316 e. The van der Waals surface area contributed by atoms with Gasteiger partial charge < -0.3 is 10.2 Å². The van der Waals surface area contributed by atoms with E-state index in [1.54, 1.807) is 0 Å². The van der Waals surface area contributed by atoms with Crippen molar-refractivity contribution in [3.8, 4) is 0 Å². The summed E-state index contributed by atoms with van der Waals surface area (Å²) >= 11 is 0. The molecule has 0 aromatic rings. The van der Waals surface area contributed by atoms with E-state index in [9.17, 15) is 0 Å². The summed E-state index contributed by atoms with van der Waals surface area (Å²) in [7, 11) is 0. The van der Waals surface area contributed by atoms with Gasteiger partial charge in [-0.1, -0.05) is 40.0 Å². The Morgan fingerprint density at radius 1 is 1.00 bits per heavy atom. The van der Waals surface area contributed by atoms with E-state index in [0.29, 0.717) is 5.41 Å². The van der Waals surface area contributed by atoms with Gasteiger partial charge in [0.15, 0.2) is 0 Å². The van der Waals surface area contributed by atoms with Crippen LogP contribution in [0.3, 0.4) is 0 Å². The number of hydrogen-bond acceptors (Lipinski definition) is 2. The molecule has 1 aliphatic heterocycles. The smallest absolute Gasteiger partial charge is 0.00448 e. The van der Waals surface area contributed by atoms with Crippen LogP contribution in [-0.2, 0) is 0 Å². The molecular formula is C18H36N2. The minimum Gasteiger partial charge on any atom is -0.316 e. The number of rotatable bonds is 6. The first-order valence-corrected chi connectivity index (χ1v) is 8.98. The summed E-state index contributed by atoms with van der Waals surface area (Å²) in [5.41, 5.74) is 1.16. The van der Waals surface area contributed by atoms with Crippen LogP contribution in [0.1, 0.15) is 72.1 Å². The minimum atomic E-state index is 0.409. The van der Waals surface area contributed by atoms with Crippen molar-refractivity contribution in [2.75, 3.05) is 32.7 Å². The zero-order chi connectivity index (χ0) is 14.5. The molecule has 2 fully saturated rings. The molecule has 1 aliphatic carbocycles. The molecule has 1 saturated heterocycles. The number of likely N-dealkylation sites (tertiary alicyclic amines) is 1. The molecule has 0 radical (unpaired) electrons. The molecule has 1 heterocycles. The van der Waals surface area contributed by atoms with Gasteiger partial charge in [-0.05, 0) is 62.6 Å². The van der Waals surface area contributed by atoms with Crippen LogP contribution in [0.2, 0.25) is 0 Å². The van der Waals surface area contributed by atoms with Gasteiger partial charge in [0.1, 0.15) is 0 Å². The van der Waals surface area contributed by atoms with Crippen LogP contribution < -0.4 is 5.32 Å². The monoisotopic (exact) mass is 280 g/mol. The van der Waals surface area contributed by atoms with Crippen molar-refractivity contribution >= 4 is 0 Å². The van der Waals surface area contributed by atoms with Gasteiger partial charge in [0.25, 0.3) is 0 Å². The molecule has 2 heteroatoms. The molecule has 2 aliphatic rings. The van der Waals surface area contributed by atoms with Crippen LogP contribution in [0.5, 0.6) is 0 Å². The molecule has 2 nitrogen and oxygen atoms in total. The molecule has 0 amide bonds. The highest BCUT2D eigenvalue weighted by Crippen LogP contribution is 2.44.